The Labute approximate surface area is 211 Å². The highest BCUT2D eigenvalue weighted by Gasteiger charge is 2.54. The second-order valence-electron chi connectivity index (χ2n) is 10.4. The van der Waals surface area contributed by atoms with Gasteiger partial charge in [-0.1, -0.05) is 44.2 Å². The van der Waals surface area contributed by atoms with Crippen molar-refractivity contribution in [2.75, 3.05) is 7.11 Å². The van der Waals surface area contributed by atoms with Crippen LogP contribution in [0.5, 0.6) is 11.5 Å². The number of hydrogen-bond donors (Lipinski definition) is 2. The zero-order valence-electron chi connectivity index (χ0n) is 21.4. The predicted octanol–water partition coefficient (Wildman–Crippen LogP) is 4.96. The fraction of sp³-hybridized carbons (Fsp3) is 0.500. The highest BCUT2D eigenvalue weighted by molar-refractivity contribution is 5.72. The van der Waals surface area contributed by atoms with Crippen LogP contribution in [-0.2, 0) is 20.9 Å². The largest absolute Gasteiger partial charge is 0.497 e. The van der Waals surface area contributed by atoms with E-state index in [1.54, 1.807) is 7.11 Å². The van der Waals surface area contributed by atoms with Gasteiger partial charge in [0.15, 0.2) is 0 Å². The van der Waals surface area contributed by atoms with Crippen molar-refractivity contribution in [3.63, 3.8) is 0 Å². The number of amides is 1. The molecule has 2 aliphatic heterocycles. The van der Waals surface area contributed by atoms with Gasteiger partial charge < -0.3 is 29.4 Å². The smallest absolute Gasteiger partial charge is 0.407 e. The number of alkyl carbamates (subject to hydrolysis) is 1. The Kier molecular flexibility index (Phi) is 7.45. The third-order valence-corrected chi connectivity index (χ3v) is 7.25. The lowest BCUT2D eigenvalue weighted by molar-refractivity contribution is -0.195. The first-order chi connectivity index (χ1) is 17.1. The molecule has 0 aliphatic carbocycles. The summed E-state index contributed by atoms with van der Waals surface area (Å²) >= 11 is 0. The number of methoxy groups -OCH3 is 1. The van der Waals surface area contributed by atoms with Gasteiger partial charge in [0.05, 0.1) is 31.3 Å². The molecule has 5 atom stereocenters. The van der Waals surface area contributed by atoms with E-state index in [1.807, 2.05) is 76.2 Å². The molecule has 8 nitrogen and oxygen atoms in total. The third kappa shape index (κ3) is 5.28. The van der Waals surface area contributed by atoms with E-state index in [0.29, 0.717) is 17.9 Å². The summed E-state index contributed by atoms with van der Waals surface area (Å²) in [5, 5.41) is 13.1. The van der Waals surface area contributed by atoms with Gasteiger partial charge in [-0.2, -0.15) is 0 Å². The average molecular weight is 498 g/mol. The van der Waals surface area contributed by atoms with Gasteiger partial charge in [-0.15, -0.1) is 0 Å². The average Bonchev–Trinajstić information content (AvgIpc) is 2.85. The first-order valence-corrected chi connectivity index (χ1v) is 12.3. The Balaban J connectivity index is 1.60. The molecule has 0 spiro atoms. The first-order valence-electron chi connectivity index (χ1n) is 12.3. The Bertz CT molecular complexity index is 1080. The maximum atomic E-state index is 12.7. The quantitative estimate of drug-likeness (QED) is 0.557. The molecule has 2 aromatic carbocycles. The highest BCUT2D eigenvalue weighted by Crippen LogP contribution is 2.53. The maximum Gasteiger partial charge on any atom is 0.407 e. The van der Waals surface area contributed by atoms with E-state index < -0.39 is 41.8 Å². The number of aliphatic carboxylic acids is 1. The Morgan fingerprint density at radius 1 is 1.17 bits per heavy atom. The van der Waals surface area contributed by atoms with Crippen molar-refractivity contribution < 1.29 is 33.6 Å². The zero-order valence-corrected chi connectivity index (χ0v) is 21.4. The number of fused-ring (bicyclic) bond motifs is 3. The summed E-state index contributed by atoms with van der Waals surface area (Å²) in [6.45, 7) is 7.90. The van der Waals surface area contributed by atoms with Crippen molar-refractivity contribution in [1.29, 1.82) is 0 Å². The monoisotopic (exact) mass is 497 g/mol. The van der Waals surface area contributed by atoms with Crippen LogP contribution < -0.4 is 14.8 Å². The Morgan fingerprint density at radius 3 is 2.53 bits per heavy atom. The number of ether oxygens (including phenoxy) is 4. The molecule has 1 amide bonds. The van der Waals surface area contributed by atoms with E-state index >= 15 is 0 Å². The number of hydrogen-bond acceptors (Lipinski definition) is 6. The molecule has 36 heavy (non-hydrogen) atoms. The zero-order chi connectivity index (χ0) is 26.0. The van der Waals surface area contributed by atoms with Crippen LogP contribution >= 0.6 is 0 Å². The van der Waals surface area contributed by atoms with Crippen LogP contribution in [0.2, 0.25) is 0 Å². The molecule has 0 bridgehead atoms. The summed E-state index contributed by atoms with van der Waals surface area (Å²) in [6, 6.07) is 14.4. The van der Waals surface area contributed by atoms with Crippen LogP contribution in [-0.4, -0.2) is 42.0 Å². The van der Waals surface area contributed by atoms with E-state index in [4.69, 9.17) is 18.9 Å². The summed E-state index contributed by atoms with van der Waals surface area (Å²) in [5.41, 5.74) is 1.05. The van der Waals surface area contributed by atoms with Crippen LogP contribution in [0, 0.1) is 17.8 Å². The van der Waals surface area contributed by atoms with E-state index in [-0.39, 0.29) is 18.4 Å². The van der Waals surface area contributed by atoms with Gasteiger partial charge in [0.2, 0.25) is 0 Å². The van der Waals surface area contributed by atoms with Crippen molar-refractivity contribution in [1.82, 2.24) is 5.32 Å². The van der Waals surface area contributed by atoms with Crippen molar-refractivity contribution in [3.05, 3.63) is 59.7 Å². The molecular weight excluding hydrogens is 462 g/mol. The van der Waals surface area contributed by atoms with Crippen LogP contribution in [0.4, 0.5) is 4.79 Å². The van der Waals surface area contributed by atoms with Gasteiger partial charge >= 0.3 is 12.1 Å². The van der Waals surface area contributed by atoms with Crippen LogP contribution in [0.1, 0.15) is 51.3 Å². The van der Waals surface area contributed by atoms with E-state index in [0.717, 1.165) is 11.1 Å². The van der Waals surface area contributed by atoms with Crippen LogP contribution in [0.25, 0.3) is 0 Å². The predicted molar refractivity (Wildman–Crippen MR) is 133 cm³/mol. The molecule has 2 aromatic rings. The van der Waals surface area contributed by atoms with Crippen molar-refractivity contribution in [3.8, 4) is 11.5 Å². The van der Waals surface area contributed by atoms with Gasteiger partial charge in [-0.05, 0) is 49.9 Å². The molecule has 0 saturated carbocycles. The topological polar surface area (TPSA) is 103 Å². The Morgan fingerprint density at radius 2 is 1.89 bits per heavy atom. The molecule has 2 heterocycles. The molecule has 4 rings (SSSR count). The molecule has 194 valence electrons. The van der Waals surface area contributed by atoms with Crippen LogP contribution in [0.15, 0.2) is 48.5 Å². The highest BCUT2D eigenvalue weighted by atomic mass is 16.6. The van der Waals surface area contributed by atoms with Gasteiger partial charge in [-0.25, -0.2) is 4.79 Å². The fourth-order valence-corrected chi connectivity index (χ4v) is 5.26. The minimum atomic E-state index is -0.962. The Hall–Kier alpha value is -3.26. The SMILES string of the molecule is COc1ccc2c(c1)[C@@H]1O[C@H]([C@@H](NC(=O)OCc3ccccc3)C(C)C)[C@@H](C(=O)O)C[C@H]1C(C)(C)O2. The molecule has 8 heteroatoms. The van der Waals surface area contributed by atoms with Gasteiger partial charge in [0, 0.05) is 11.5 Å². The number of nitrogens with one attached hydrogen (secondary N) is 1. The lowest BCUT2D eigenvalue weighted by Crippen LogP contribution is -2.59. The number of carboxylic acids is 1. The number of carbonyl (C=O) groups excluding carboxylic acids is 1. The van der Waals surface area contributed by atoms with Gasteiger partial charge in [0.25, 0.3) is 0 Å². The first kappa shape index (κ1) is 25.8. The summed E-state index contributed by atoms with van der Waals surface area (Å²) in [6.07, 6.45) is -1.44. The number of rotatable bonds is 7. The minimum Gasteiger partial charge on any atom is -0.497 e. The van der Waals surface area contributed by atoms with Crippen molar-refractivity contribution >= 4 is 12.1 Å². The molecular formula is C28H35NO7. The molecule has 1 fully saturated rings. The lowest BCUT2D eigenvalue weighted by atomic mass is 9.70. The van der Waals surface area contributed by atoms with E-state index in [9.17, 15) is 14.7 Å². The van der Waals surface area contributed by atoms with E-state index in [2.05, 4.69) is 5.32 Å². The standard InChI is InChI=1S/C28H35NO7/c1-16(2)23(29-27(32)34-15-17-9-7-6-8-10-17)25-20(26(30)31)14-21-24(35-25)19-13-18(33-5)11-12-22(19)36-28(21,3)4/h6-13,16,20-21,23-25H,14-15H2,1-5H3,(H,29,32)(H,30,31)/t20-,21+,23-,24-,25-/m0/s1. The normalized spacial score (nSPS) is 25.1. The summed E-state index contributed by atoms with van der Waals surface area (Å²) in [5.74, 6) is -0.744. The minimum absolute atomic E-state index is 0.102. The van der Waals surface area contributed by atoms with Gasteiger partial charge in [0.1, 0.15) is 23.7 Å². The third-order valence-electron chi connectivity index (χ3n) is 7.25. The van der Waals surface area contributed by atoms with E-state index in [1.165, 1.54) is 0 Å². The van der Waals surface area contributed by atoms with Crippen molar-refractivity contribution in [2.24, 2.45) is 17.8 Å². The molecule has 0 aromatic heterocycles. The van der Waals surface area contributed by atoms with Crippen molar-refractivity contribution in [2.45, 2.75) is 64.6 Å². The summed E-state index contributed by atoms with van der Waals surface area (Å²) in [4.78, 5) is 25.2. The summed E-state index contributed by atoms with van der Waals surface area (Å²) < 4.78 is 23.8. The lowest BCUT2D eigenvalue weighted by Gasteiger charge is -2.51. The van der Waals surface area contributed by atoms with Gasteiger partial charge in [-0.3, -0.25) is 4.79 Å². The molecule has 0 radical (unpaired) electrons. The maximum absolute atomic E-state index is 12.7. The van der Waals surface area contributed by atoms with Crippen LogP contribution in [0.3, 0.4) is 0 Å². The molecule has 2 N–H and O–H groups in total. The molecule has 2 aliphatic rings. The number of benzene rings is 2. The molecule has 1 saturated heterocycles. The number of carboxylic acid groups (broad SMARTS) is 1. The molecule has 0 unspecified atom stereocenters. The summed E-state index contributed by atoms with van der Waals surface area (Å²) in [7, 11) is 1.59. The second-order valence-corrected chi connectivity index (χ2v) is 10.4. The number of carbonyl (C=O) groups is 2. The fourth-order valence-electron chi connectivity index (χ4n) is 5.26. The second kappa shape index (κ2) is 10.4.